The van der Waals surface area contributed by atoms with Crippen LogP contribution in [0.2, 0.25) is 0 Å². The lowest BCUT2D eigenvalue weighted by Gasteiger charge is -2.31. The molecule has 1 aromatic heterocycles. The van der Waals surface area contributed by atoms with Crippen molar-refractivity contribution in [2.75, 3.05) is 29.4 Å². The van der Waals surface area contributed by atoms with E-state index in [9.17, 15) is 0 Å². The van der Waals surface area contributed by atoms with Gasteiger partial charge in [-0.1, -0.05) is 19.1 Å². The van der Waals surface area contributed by atoms with E-state index < -0.39 is 0 Å². The van der Waals surface area contributed by atoms with Gasteiger partial charge in [-0.05, 0) is 56.4 Å². The first-order valence-electron chi connectivity index (χ1n) is 8.59. The highest BCUT2D eigenvalue weighted by Gasteiger charge is 2.19. The minimum atomic E-state index is 0.814. The predicted octanol–water partition coefficient (Wildman–Crippen LogP) is 4.18. The molecule has 2 heterocycles. The molecule has 0 atom stereocenters. The molecule has 1 saturated heterocycles. The molecule has 1 aliphatic rings. The fraction of sp³-hybridized carbons (Fsp3) is 0.474. The van der Waals surface area contributed by atoms with E-state index in [0.717, 1.165) is 37.3 Å². The number of benzene rings is 1. The van der Waals surface area contributed by atoms with Crippen LogP contribution in [0.4, 0.5) is 17.5 Å². The molecule has 0 radical (unpaired) electrons. The maximum Gasteiger partial charge on any atom is 0.227 e. The Labute approximate surface area is 139 Å². The smallest absolute Gasteiger partial charge is 0.227 e. The maximum atomic E-state index is 4.84. The van der Waals surface area contributed by atoms with Crippen molar-refractivity contribution in [1.29, 1.82) is 0 Å². The van der Waals surface area contributed by atoms with Crippen molar-refractivity contribution >= 4 is 17.5 Å². The van der Waals surface area contributed by atoms with Gasteiger partial charge >= 0.3 is 0 Å². The third-order valence-corrected chi connectivity index (χ3v) is 4.60. The Balaban J connectivity index is 1.85. The van der Waals surface area contributed by atoms with Gasteiger partial charge in [0.25, 0.3) is 0 Å². The Morgan fingerprint density at radius 2 is 2.00 bits per heavy atom. The molecular weight excluding hydrogens is 284 g/mol. The molecule has 0 amide bonds. The highest BCUT2D eigenvalue weighted by Crippen LogP contribution is 2.26. The zero-order chi connectivity index (χ0) is 16.2. The highest BCUT2D eigenvalue weighted by atomic mass is 15.3. The van der Waals surface area contributed by atoms with Gasteiger partial charge in [0.15, 0.2) is 0 Å². The molecule has 0 saturated carbocycles. The Hall–Kier alpha value is -2.10. The van der Waals surface area contributed by atoms with E-state index in [1.807, 2.05) is 12.3 Å². The summed E-state index contributed by atoms with van der Waals surface area (Å²) < 4.78 is 0. The largest absolute Gasteiger partial charge is 0.341 e. The second-order valence-electron chi connectivity index (χ2n) is 6.47. The van der Waals surface area contributed by atoms with Crippen molar-refractivity contribution in [3.8, 4) is 0 Å². The van der Waals surface area contributed by atoms with Crippen LogP contribution in [0.25, 0.3) is 0 Å². The van der Waals surface area contributed by atoms with Gasteiger partial charge in [0.05, 0.1) is 0 Å². The summed E-state index contributed by atoms with van der Waals surface area (Å²) in [5.41, 5.74) is 2.45. The Morgan fingerprint density at radius 3 is 2.70 bits per heavy atom. The first-order chi connectivity index (χ1) is 11.2. The van der Waals surface area contributed by atoms with E-state index >= 15 is 0 Å². The van der Waals surface area contributed by atoms with Crippen molar-refractivity contribution in [3.63, 3.8) is 0 Å². The molecule has 0 aliphatic carbocycles. The lowest BCUT2D eigenvalue weighted by Crippen LogP contribution is -2.34. The number of nitrogens with zero attached hydrogens (tertiary/aromatic N) is 4. The second kappa shape index (κ2) is 6.99. The molecule has 122 valence electrons. The summed E-state index contributed by atoms with van der Waals surface area (Å²) in [5, 5.41) is 0. The van der Waals surface area contributed by atoms with Gasteiger partial charge in [0, 0.05) is 31.5 Å². The Morgan fingerprint density at radius 1 is 1.22 bits per heavy atom. The van der Waals surface area contributed by atoms with Crippen LogP contribution in [-0.4, -0.2) is 29.6 Å². The number of hydrogen-bond donors (Lipinski definition) is 0. The summed E-state index contributed by atoms with van der Waals surface area (Å²) >= 11 is 0. The minimum Gasteiger partial charge on any atom is -0.341 e. The van der Waals surface area contributed by atoms with Gasteiger partial charge in [-0.2, -0.15) is 4.98 Å². The first kappa shape index (κ1) is 15.8. The fourth-order valence-electron chi connectivity index (χ4n) is 3.12. The van der Waals surface area contributed by atoms with Gasteiger partial charge in [-0.25, -0.2) is 4.98 Å². The summed E-state index contributed by atoms with van der Waals surface area (Å²) in [7, 11) is 0. The number of anilines is 3. The summed E-state index contributed by atoms with van der Waals surface area (Å²) in [4.78, 5) is 13.9. The third kappa shape index (κ3) is 3.63. The van der Waals surface area contributed by atoms with Crippen LogP contribution in [-0.2, 0) is 0 Å². The Bertz CT molecular complexity index is 647. The highest BCUT2D eigenvalue weighted by molar-refractivity contribution is 5.61. The molecular formula is C19H26N4. The standard InChI is InChI=1S/C19H26N4/c1-4-23(17-7-5-6-16(3)14-17)18-8-11-20-19(21-18)22-12-9-15(2)10-13-22/h5-8,11,14-15H,4,9-10,12-13H2,1-3H3. The average molecular weight is 310 g/mol. The number of rotatable bonds is 4. The van der Waals surface area contributed by atoms with Crippen LogP contribution in [0.3, 0.4) is 0 Å². The van der Waals surface area contributed by atoms with E-state index in [0.29, 0.717) is 0 Å². The van der Waals surface area contributed by atoms with E-state index in [-0.39, 0.29) is 0 Å². The van der Waals surface area contributed by atoms with Crippen molar-refractivity contribution in [3.05, 3.63) is 42.1 Å². The third-order valence-electron chi connectivity index (χ3n) is 4.60. The van der Waals surface area contributed by atoms with Gasteiger partial charge in [-0.3, -0.25) is 0 Å². The van der Waals surface area contributed by atoms with Crippen LogP contribution < -0.4 is 9.80 Å². The molecule has 23 heavy (non-hydrogen) atoms. The first-order valence-corrected chi connectivity index (χ1v) is 8.59. The molecule has 2 aromatic rings. The van der Waals surface area contributed by atoms with E-state index in [1.54, 1.807) is 0 Å². The molecule has 4 nitrogen and oxygen atoms in total. The van der Waals surface area contributed by atoms with Crippen molar-refractivity contribution in [2.24, 2.45) is 5.92 Å². The molecule has 0 unspecified atom stereocenters. The van der Waals surface area contributed by atoms with Crippen molar-refractivity contribution in [2.45, 2.75) is 33.6 Å². The summed E-state index contributed by atoms with van der Waals surface area (Å²) in [6, 6.07) is 10.6. The molecule has 0 N–H and O–H groups in total. The number of hydrogen-bond acceptors (Lipinski definition) is 4. The monoisotopic (exact) mass is 310 g/mol. The quantitative estimate of drug-likeness (QED) is 0.848. The van der Waals surface area contributed by atoms with E-state index in [4.69, 9.17) is 4.98 Å². The molecule has 1 aliphatic heterocycles. The number of aryl methyl sites for hydroxylation is 1. The number of piperidine rings is 1. The van der Waals surface area contributed by atoms with Crippen LogP contribution in [0, 0.1) is 12.8 Å². The van der Waals surface area contributed by atoms with Gasteiger partial charge in [0.1, 0.15) is 5.82 Å². The van der Waals surface area contributed by atoms with Crippen LogP contribution in [0.1, 0.15) is 32.3 Å². The summed E-state index contributed by atoms with van der Waals surface area (Å²) in [5.74, 6) is 2.65. The van der Waals surface area contributed by atoms with E-state index in [2.05, 4.69) is 59.8 Å². The van der Waals surface area contributed by atoms with Gasteiger partial charge in [0.2, 0.25) is 5.95 Å². The summed E-state index contributed by atoms with van der Waals surface area (Å²) in [6.45, 7) is 9.61. The normalized spacial score (nSPS) is 15.7. The van der Waals surface area contributed by atoms with Gasteiger partial charge < -0.3 is 9.80 Å². The number of aromatic nitrogens is 2. The second-order valence-corrected chi connectivity index (χ2v) is 6.47. The maximum absolute atomic E-state index is 4.84. The zero-order valence-corrected chi connectivity index (χ0v) is 14.4. The molecule has 1 fully saturated rings. The van der Waals surface area contributed by atoms with Crippen molar-refractivity contribution < 1.29 is 0 Å². The van der Waals surface area contributed by atoms with Gasteiger partial charge in [-0.15, -0.1) is 0 Å². The van der Waals surface area contributed by atoms with Crippen LogP contribution >= 0.6 is 0 Å². The average Bonchev–Trinajstić information content (AvgIpc) is 2.57. The predicted molar refractivity (Wildman–Crippen MR) is 96.5 cm³/mol. The topological polar surface area (TPSA) is 32.3 Å². The molecule has 3 rings (SSSR count). The summed E-state index contributed by atoms with van der Waals surface area (Å²) in [6.07, 6.45) is 4.33. The van der Waals surface area contributed by atoms with Crippen LogP contribution in [0.5, 0.6) is 0 Å². The zero-order valence-electron chi connectivity index (χ0n) is 14.4. The van der Waals surface area contributed by atoms with Crippen molar-refractivity contribution in [1.82, 2.24) is 9.97 Å². The minimum absolute atomic E-state index is 0.814. The van der Waals surface area contributed by atoms with E-state index in [1.165, 1.54) is 24.1 Å². The lowest BCUT2D eigenvalue weighted by molar-refractivity contribution is 0.434. The lowest BCUT2D eigenvalue weighted by atomic mass is 10.00. The molecule has 0 spiro atoms. The fourth-order valence-corrected chi connectivity index (χ4v) is 3.12. The molecule has 1 aromatic carbocycles. The molecule has 0 bridgehead atoms. The van der Waals surface area contributed by atoms with Crippen LogP contribution in [0.15, 0.2) is 36.5 Å². The SMILES string of the molecule is CCN(c1cccc(C)c1)c1ccnc(N2CCC(C)CC2)n1. The molecule has 4 heteroatoms. The Kier molecular flexibility index (Phi) is 4.79.